The number of ether oxygens (including phenoxy) is 1. The first-order valence-electron chi connectivity index (χ1n) is 10.7. The molecule has 0 bridgehead atoms. The third kappa shape index (κ3) is 7.53. The average Bonchev–Trinajstić information content (AvgIpc) is 2.78. The number of piperazine rings is 1. The highest BCUT2D eigenvalue weighted by atomic mass is 35.5. The SMILES string of the molecule is CCOC(=O)Cc1ccc(CCN2CCN(C(=O)/C=C/c3ccc(Cl)cc3)CC2)cc1. The number of halogens is 1. The number of nitrogens with zero attached hydrogens (tertiary/aromatic N) is 2. The Kier molecular flexibility index (Phi) is 8.68. The lowest BCUT2D eigenvalue weighted by Gasteiger charge is -2.34. The summed E-state index contributed by atoms with van der Waals surface area (Å²) in [5.41, 5.74) is 3.18. The maximum Gasteiger partial charge on any atom is 0.310 e. The van der Waals surface area contributed by atoms with Gasteiger partial charge in [-0.1, -0.05) is 48.0 Å². The number of carbonyl (C=O) groups excluding carboxylic acids is 2. The van der Waals surface area contributed by atoms with Crippen molar-refractivity contribution in [3.63, 3.8) is 0 Å². The van der Waals surface area contributed by atoms with Gasteiger partial charge >= 0.3 is 5.97 Å². The highest BCUT2D eigenvalue weighted by molar-refractivity contribution is 6.30. The van der Waals surface area contributed by atoms with Crippen LogP contribution in [0.2, 0.25) is 5.02 Å². The van der Waals surface area contributed by atoms with Crippen LogP contribution < -0.4 is 0 Å². The number of amides is 1. The monoisotopic (exact) mass is 440 g/mol. The van der Waals surface area contributed by atoms with E-state index in [1.165, 1.54) is 5.56 Å². The second-order valence-corrected chi connectivity index (χ2v) is 8.04. The van der Waals surface area contributed by atoms with Gasteiger partial charge in [0.05, 0.1) is 13.0 Å². The lowest BCUT2D eigenvalue weighted by atomic mass is 10.1. The standard InChI is InChI=1S/C25H29ClN2O3/c1-2-31-25(30)19-22-5-3-21(4-6-22)13-14-27-15-17-28(18-16-27)24(29)12-9-20-7-10-23(26)11-8-20/h3-12H,2,13-19H2,1H3/b12-9+. The number of hydrogen-bond donors (Lipinski definition) is 0. The van der Waals surface area contributed by atoms with Crippen LogP contribution in [0.1, 0.15) is 23.6 Å². The number of carbonyl (C=O) groups is 2. The van der Waals surface area contributed by atoms with Gasteiger partial charge in [0.25, 0.3) is 0 Å². The Bertz CT molecular complexity index is 886. The van der Waals surface area contributed by atoms with E-state index in [-0.39, 0.29) is 11.9 Å². The van der Waals surface area contributed by atoms with Crippen LogP contribution in [-0.2, 0) is 27.2 Å². The van der Waals surface area contributed by atoms with Crippen LogP contribution in [0.25, 0.3) is 6.08 Å². The van der Waals surface area contributed by atoms with E-state index in [1.54, 1.807) is 6.08 Å². The second-order valence-electron chi connectivity index (χ2n) is 7.60. The predicted octanol–water partition coefficient (Wildman–Crippen LogP) is 3.85. The molecular weight excluding hydrogens is 412 g/mol. The van der Waals surface area contributed by atoms with E-state index in [0.29, 0.717) is 18.1 Å². The largest absolute Gasteiger partial charge is 0.466 e. The summed E-state index contributed by atoms with van der Waals surface area (Å²) in [7, 11) is 0. The molecule has 0 aliphatic carbocycles. The van der Waals surface area contributed by atoms with Crippen LogP contribution in [0.5, 0.6) is 0 Å². The first kappa shape index (κ1) is 23.0. The number of esters is 1. The van der Waals surface area contributed by atoms with Crippen LogP contribution >= 0.6 is 11.6 Å². The van der Waals surface area contributed by atoms with Gasteiger partial charge in [0.15, 0.2) is 0 Å². The summed E-state index contributed by atoms with van der Waals surface area (Å²) in [6.45, 7) is 6.41. The highest BCUT2D eigenvalue weighted by Crippen LogP contribution is 2.12. The topological polar surface area (TPSA) is 49.9 Å². The molecule has 0 radical (unpaired) electrons. The van der Waals surface area contributed by atoms with E-state index in [0.717, 1.165) is 50.3 Å². The molecule has 0 saturated carbocycles. The van der Waals surface area contributed by atoms with Gasteiger partial charge in [-0.25, -0.2) is 0 Å². The maximum atomic E-state index is 12.4. The van der Waals surface area contributed by atoms with Gasteiger partial charge in [0, 0.05) is 43.8 Å². The van der Waals surface area contributed by atoms with Gasteiger partial charge in [-0.3, -0.25) is 14.5 Å². The molecule has 0 aromatic heterocycles. The van der Waals surface area contributed by atoms with Gasteiger partial charge in [-0.15, -0.1) is 0 Å². The normalized spacial score (nSPS) is 14.7. The molecule has 0 atom stereocenters. The van der Waals surface area contributed by atoms with E-state index in [9.17, 15) is 9.59 Å². The zero-order valence-corrected chi connectivity index (χ0v) is 18.7. The van der Waals surface area contributed by atoms with Gasteiger partial charge in [0.1, 0.15) is 0 Å². The maximum absolute atomic E-state index is 12.4. The predicted molar refractivity (Wildman–Crippen MR) is 124 cm³/mol. The summed E-state index contributed by atoms with van der Waals surface area (Å²) < 4.78 is 4.99. The number of hydrogen-bond acceptors (Lipinski definition) is 4. The zero-order chi connectivity index (χ0) is 22.1. The van der Waals surface area contributed by atoms with Gasteiger partial charge in [0.2, 0.25) is 5.91 Å². The molecular formula is C25H29ClN2O3. The van der Waals surface area contributed by atoms with Crippen LogP contribution in [0.4, 0.5) is 0 Å². The molecule has 6 heteroatoms. The van der Waals surface area contributed by atoms with Crippen molar-refractivity contribution < 1.29 is 14.3 Å². The van der Waals surface area contributed by atoms with Crippen molar-refractivity contribution in [1.29, 1.82) is 0 Å². The summed E-state index contributed by atoms with van der Waals surface area (Å²) in [5, 5.41) is 0.687. The molecule has 1 heterocycles. The van der Waals surface area contributed by atoms with Crippen molar-refractivity contribution >= 4 is 29.6 Å². The average molecular weight is 441 g/mol. The van der Waals surface area contributed by atoms with Gasteiger partial charge in [-0.05, 0) is 48.2 Å². The van der Waals surface area contributed by atoms with Crippen molar-refractivity contribution in [2.75, 3.05) is 39.3 Å². The van der Waals surface area contributed by atoms with Crippen molar-refractivity contribution in [2.24, 2.45) is 0 Å². The van der Waals surface area contributed by atoms with Crippen LogP contribution in [0, 0.1) is 0 Å². The summed E-state index contributed by atoms with van der Waals surface area (Å²) >= 11 is 5.89. The minimum atomic E-state index is -0.189. The quantitative estimate of drug-likeness (QED) is 0.462. The van der Waals surface area contributed by atoms with E-state index in [1.807, 2.05) is 54.3 Å². The molecule has 2 aromatic rings. The molecule has 3 rings (SSSR count). The van der Waals surface area contributed by atoms with E-state index in [2.05, 4.69) is 17.0 Å². The number of benzene rings is 2. The van der Waals surface area contributed by atoms with Crippen molar-refractivity contribution in [3.8, 4) is 0 Å². The summed E-state index contributed by atoms with van der Waals surface area (Å²) in [4.78, 5) is 28.3. The summed E-state index contributed by atoms with van der Waals surface area (Å²) in [6.07, 6.45) is 4.73. The molecule has 2 aromatic carbocycles. The Morgan fingerprint density at radius 1 is 0.968 bits per heavy atom. The molecule has 31 heavy (non-hydrogen) atoms. The molecule has 1 fully saturated rings. The summed E-state index contributed by atoms with van der Waals surface area (Å²) in [6, 6.07) is 15.6. The minimum Gasteiger partial charge on any atom is -0.466 e. The third-order valence-electron chi connectivity index (χ3n) is 5.37. The van der Waals surface area contributed by atoms with Gasteiger partial charge < -0.3 is 9.64 Å². The fourth-order valence-electron chi connectivity index (χ4n) is 3.53. The number of rotatable bonds is 8. The lowest BCUT2D eigenvalue weighted by molar-refractivity contribution is -0.142. The Hall–Kier alpha value is -2.63. The Balaban J connectivity index is 1.39. The Labute approximate surface area is 189 Å². The molecule has 1 aliphatic heterocycles. The first-order valence-corrected chi connectivity index (χ1v) is 11.1. The smallest absolute Gasteiger partial charge is 0.310 e. The minimum absolute atomic E-state index is 0.0480. The van der Waals surface area contributed by atoms with E-state index >= 15 is 0 Å². The van der Waals surface area contributed by atoms with Crippen molar-refractivity contribution in [2.45, 2.75) is 19.8 Å². The fourth-order valence-corrected chi connectivity index (χ4v) is 3.65. The van der Waals surface area contributed by atoms with Crippen LogP contribution in [0.15, 0.2) is 54.6 Å². The molecule has 164 valence electrons. The molecule has 0 unspecified atom stereocenters. The first-order chi connectivity index (χ1) is 15.0. The van der Waals surface area contributed by atoms with Crippen LogP contribution in [0.3, 0.4) is 0 Å². The molecule has 0 spiro atoms. The third-order valence-corrected chi connectivity index (χ3v) is 5.62. The Morgan fingerprint density at radius 2 is 1.61 bits per heavy atom. The molecule has 1 saturated heterocycles. The molecule has 1 amide bonds. The highest BCUT2D eigenvalue weighted by Gasteiger charge is 2.19. The molecule has 5 nitrogen and oxygen atoms in total. The second kappa shape index (κ2) is 11.7. The zero-order valence-electron chi connectivity index (χ0n) is 17.9. The molecule has 0 N–H and O–H groups in total. The summed E-state index contributed by atoms with van der Waals surface area (Å²) in [5.74, 6) is -0.141. The van der Waals surface area contributed by atoms with Gasteiger partial charge in [-0.2, -0.15) is 0 Å². The van der Waals surface area contributed by atoms with Crippen molar-refractivity contribution in [3.05, 3.63) is 76.3 Å². The lowest BCUT2D eigenvalue weighted by Crippen LogP contribution is -2.48. The van der Waals surface area contributed by atoms with Crippen LogP contribution in [-0.4, -0.2) is 61.0 Å². The van der Waals surface area contributed by atoms with E-state index in [4.69, 9.17) is 16.3 Å². The fraction of sp³-hybridized carbons (Fsp3) is 0.360. The Morgan fingerprint density at radius 3 is 2.26 bits per heavy atom. The molecule has 1 aliphatic rings. The van der Waals surface area contributed by atoms with E-state index < -0.39 is 0 Å². The van der Waals surface area contributed by atoms with Crippen molar-refractivity contribution in [1.82, 2.24) is 9.80 Å².